The lowest BCUT2D eigenvalue weighted by molar-refractivity contribution is -0.146. The summed E-state index contributed by atoms with van der Waals surface area (Å²) in [5.74, 6) is -0.0322. The van der Waals surface area contributed by atoms with Crippen LogP contribution in [0.5, 0.6) is 0 Å². The molecule has 1 saturated carbocycles. The fraction of sp³-hybridized carbons (Fsp3) is 0.409. The van der Waals surface area contributed by atoms with Gasteiger partial charge in [0.25, 0.3) is 5.91 Å². The number of carbonyl (C=O) groups is 2. The topological polar surface area (TPSA) is 134 Å². The number of anilines is 1. The highest BCUT2D eigenvalue weighted by Crippen LogP contribution is 2.27. The van der Waals surface area contributed by atoms with Crippen molar-refractivity contribution in [1.29, 1.82) is 5.41 Å². The summed E-state index contributed by atoms with van der Waals surface area (Å²) in [6.07, 6.45) is 2.84. The second-order valence-electron chi connectivity index (χ2n) is 7.90. The number of carbonyl (C=O) groups excluding carboxylic acids is 2. The van der Waals surface area contributed by atoms with Crippen LogP contribution in [0.15, 0.2) is 30.3 Å². The number of halogens is 1. The number of nitrogen functional groups attached to an aromatic ring is 1. The van der Waals surface area contributed by atoms with E-state index in [0.29, 0.717) is 35.5 Å². The van der Waals surface area contributed by atoms with Gasteiger partial charge < -0.3 is 20.7 Å². The molecule has 0 bridgehead atoms. The molecule has 0 radical (unpaired) electrons. The molecule has 2 aromatic rings. The van der Waals surface area contributed by atoms with Crippen molar-refractivity contribution in [2.24, 2.45) is 11.7 Å². The molecule has 1 aromatic carbocycles. The molecular formula is C22H29ClN6O3. The van der Waals surface area contributed by atoms with E-state index in [1.165, 1.54) is 7.11 Å². The molecule has 1 aliphatic carbocycles. The zero-order chi connectivity index (χ0) is 22.5. The minimum Gasteiger partial charge on any atom is -0.469 e. The number of methoxy groups -OCH3 is 1. The number of ether oxygens (including phenoxy) is 1. The summed E-state index contributed by atoms with van der Waals surface area (Å²) in [6.45, 7) is 0. The molecule has 172 valence electrons. The maximum absolute atomic E-state index is 13.1. The summed E-state index contributed by atoms with van der Waals surface area (Å²) in [5.41, 5.74) is 7.89. The summed E-state index contributed by atoms with van der Waals surface area (Å²) in [5, 5.41) is 19.1. The third kappa shape index (κ3) is 5.73. The molecule has 0 spiro atoms. The zero-order valence-corrected chi connectivity index (χ0v) is 19.2. The molecule has 3 rings (SSSR count). The maximum Gasteiger partial charge on any atom is 0.308 e. The van der Waals surface area contributed by atoms with Gasteiger partial charge in [0.15, 0.2) is 5.82 Å². The highest BCUT2D eigenvalue weighted by molar-refractivity contribution is 6.00. The Labute approximate surface area is 193 Å². The number of aromatic nitrogens is 2. The van der Waals surface area contributed by atoms with Crippen LogP contribution >= 0.6 is 12.4 Å². The lowest BCUT2D eigenvalue weighted by Gasteiger charge is -2.28. The van der Waals surface area contributed by atoms with Crippen molar-refractivity contribution >= 4 is 35.9 Å². The number of rotatable bonds is 6. The average molecular weight is 461 g/mol. The van der Waals surface area contributed by atoms with Crippen LogP contribution < -0.4 is 16.0 Å². The number of nitrogens with one attached hydrogen (secondary N) is 2. The molecule has 32 heavy (non-hydrogen) atoms. The molecule has 10 heteroatoms. The van der Waals surface area contributed by atoms with E-state index in [9.17, 15) is 9.59 Å². The molecule has 1 aromatic heterocycles. The van der Waals surface area contributed by atoms with E-state index in [-0.39, 0.29) is 42.1 Å². The van der Waals surface area contributed by atoms with Gasteiger partial charge in [0, 0.05) is 31.3 Å². The standard InChI is InChI=1S/C22H28N6O3.ClH/c1-28(2)20-17(21(29)25-16-10-8-15(9-11-16)22(30)31-3)12-18(26-27-20)13-4-6-14(7-5-13)19(23)24;/h4-7,12,15-16H,8-11H2,1-3H3,(H3,23,24)(H,25,29);1H. The van der Waals surface area contributed by atoms with Gasteiger partial charge in [0.2, 0.25) is 0 Å². The summed E-state index contributed by atoms with van der Waals surface area (Å²) < 4.78 is 4.83. The fourth-order valence-corrected chi connectivity index (χ4v) is 3.75. The van der Waals surface area contributed by atoms with Gasteiger partial charge in [-0.2, -0.15) is 0 Å². The monoisotopic (exact) mass is 460 g/mol. The number of nitrogens with two attached hydrogens (primary N) is 1. The number of hydrogen-bond acceptors (Lipinski definition) is 7. The molecule has 1 fully saturated rings. The van der Waals surface area contributed by atoms with Gasteiger partial charge in [-0.3, -0.25) is 15.0 Å². The Morgan fingerprint density at radius 3 is 2.28 bits per heavy atom. The van der Waals surface area contributed by atoms with Crippen molar-refractivity contribution in [3.05, 3.63) is 41.5 Å². The minimum atomic E-state index is -0.221. The number of benzene rings is 1. The van der Waals surface area contributed by atoms with E-state index in [2.05, 4.69) is 15.5 Å². The number of nitrogens with zero attached hydrogens (tertiary/aromatic N) is 3. The maximum atomic E-state index is 13.1. The van der Waals surface area contributed by atoms with E-state index in [0.717, 1.165) is 18.4 Å². The SMILES string of the molecule is COC(=O)C1CCC(NC(=O)c2cc(-c3ccc(C(=N)N)cc3)nnc2N(C)C)CC1.Cl. The second-order valence-corrected chi connectivity index (χ2v) is 7.90. The summed E-state index contributed by atoms with van der Waals surface area (Å²) in [6, 6.07) is 8.78. The molecule has 0 atom stereocenters. The number of amidine groups is 1. The van der Waals surface area contributed by atoms with Crippen LogP contribution in [0.2, 0.25) is 0 Å². The first-order chi connectivity index (χ1) is 14.8. The normalized spacial score (nSPS) is 17.6. The Morgan fingerprint density at radius 2 is 1.75 bits per heavy atom. The molecule has 0 aliphatic heterocycles. The van der Waals surface area contributed by atoms with Gasteiger partial charge in [0.05, 0.1) is 24.3 Å². The molecular weight excluding hydrogens is 432 g/mol. The Balaban J connectivity index is 0.00000363. The highest BCUT2D eigenvalue weighted by atomic mass is 35.5. The first-order valence-electron chi connectivity index (χ1n) is 10.2. The van der Waals surface area contributed by atoms with Crippen LogP contribution in [0.25, 0.3) is 11.3 Å². The Kier molecular flexibility index (Phi) is 8.54. The van der Waals surface area contributed by atoms with Crippen LogP contribution in [0.3, 0.4) is 0 Å². The molecule has 1 heterocycles. The van der Waals surface area contributed by atoms with Gasteiger partial charge in [-0.1, -0.05) is 24.3 Å². The van der Waals surface area contributed by atoms with E-state index in [1.54, 1.807) is 35.2 Å². The third-order valence-corrected chi connectivity index (χ3v) is 5.53. The molecule has 0 unspecified atom stereocenters. The lowest BCUT2D eigenvalue weighted by Crippen LogP contribution is -2.39. The van der Waals surface area contributed by atoms with Crippen molar-refractivity contribution in [1.82, 2.24) is 15.5 Å². The second kappa shape index (κ2) is 10.9. The van der Waals surface area contributed by atoms with Crippen molar-refractivity contribution < 1.29 is 14.3 Å². The van der Waals surface area contributed by atoms with Crippen LogP contribution in [-0.4, -0.2) is 55.2 Å². The Hall–Kier alpha value is -3.20. The van der Waals surface area contributed by atoms with Gasteiger partial charge in [-0.05, 0) is 31.7 Å². The van der Waals surface area contributed by atoms with Crippen molar-refractivity contribution in [3.63, 3.8) is 0 Å². The predicted octanol–water partition coefficient (Wildman–Crippen LogP) is 2.38. The summed E-state index contributed by atoms with van der Waals surface area (Å²) >= 11 is 0. The number of esters is 1. The van der Waals surface area contributed by atoms with Gasteiger partial charge in [-0.25, -0.2) is 0 Å². The largest absolute Gasteiger partial charge is 0.469 e. The third-order valence-electron chi connectivity index (χ3n) is 5.53. The van der Waals surface area contributed by atoms with Crippen LogP contribution in [0, 0.1) is 11.3 Å². The van der Waals surface area contributed by atoms with Crippen molar-refractivity contribution in [3.8, 4) is 11.3 Å². The Bertz CT molecular complexity index is 972. The summed E-state index contributed by atoms with van der Waals surface area (Å²) in [7, 11) is 5.02. The molecule has 4 N–H and O–H groups in total. The van der Waals surface area contributed by atoms with E-state index in [4.69, 9.17) is 15.9 Å². The first kappa shape index (κ1) is 25.1. The molecule has 0 saturated heterocycles. The van der Waals surface area contributed by atoms with Gasteiger partial charge in [-0.15, -0.1) is 22.6 Å². The average Bonchev–Trinajstić information content (AvgIpc) is 2.78. The summed E-state index contributed by atoms with van der Waals surface area (Å²) in [4.78, 5) is 26.6. The zero-order valence-electron chi connectivity index (χ0n) is 18.4. The minimum absolute atomic E-state index is 0. The van der Waals surface area contributed by atoms with E-state index in [1.807, 2.05) is 14.1 Å². The first-order valence-corrected chi connectivity index (χ1v) is 10.2. The van der Waals surface area contributed by atoms with Crippen molar-refractivity contribution in [2.45, 2.75) is 31.7 Å². The number of hydrogen-bond donors (Lipinski definition) is 3. The van der Waals surface area contributed by atoms with Crippen LogP contribution in [0.4, 0.5) is 5.82 Å². The van der Waals surface area contributed by atoms with Crippen molar-refractivity contribution in [2.75, 3.05) is 26.1 Å². The molecule has 1 amide bonds. The number of amides is 1. The molecule has 9 nitrogen and oxygen atoms in total. The smallest absolute Gasteiger partial charge is 0.308 e. The predicted molar refractivity (Wildman–Crippen MR) is 125 cm³/mol. The van der Waals surface area contributed by atoms with E-state index < -0.39 is 0 Å². The Morgan fingerprint density at radius 1 is 1.12 bits per heavy atom. The lowest BCUT2D eigenvalue weighted by atomic mass is 9.86. The van der Waals surface area contributed by atoms with Gasteiger partial charge >= 0.3 is 5.97 Å². The van der Waals surface area contributed by atoms with Crippen LogP contribution in [0.1, 0.15) is 41.6 Å². The fourth-order valence-electron chi connectivity index (χ4n) is 3.75. The quantitative estimate of drug-likeness (QED) is 0.342. The highest BCUT2D eigenvalue weighted by Gasteiger charge is 2.28. The van der Waals surface area contributed by atoms with E-state index >= 15 is 0 Å². The van der Waals surface area contributed by atoms with Gasteiger partial charge in [0.1, 0.15) is 5.84 Å². The molecule has 1 aliphatic rings. The van der Waals surface area contributed by atoms with Crippen LogP contribution in [-0.2, 0) is 9.53 Å².